The Morgan fingerprint density at radius 2 is 2.13 bits per heavy atom. The van der Waals surface area contributed by atoms with E-state index in [1.54, 1.807) is 0 Å². The first-order chi connectivity index (χ1) is 7.15. The zero-order chi connectivity index (χ0) is 11.3. The number of nitrogens with one attached hydrogen (secondary N) is 1. The maximum Gasteiger partial charge on any atom is 0.323 e. The summed E-state index contributed by atoms with van der Waals surface area (Å²) in [6, 6.07) is 0.176. The van der Waals surface area contributed by atoms with E-state index in [0.29, 0.717) is 13.0 Å². The maximum absolute atomic E-state index is 11.7. The zero-order valence-electron chi connectivity index (χ0n) is 9.03. The first-order valence-corrected chi connectivity index (χ1v) is 5.37. The van der Waals surface area contributed by atoms with E-state index in [4.69, 9.17) is 5.11 Å². The minimum atomic E-state index is -0.932. The van der Waals surface area contributed by atoms with Crippen LogP contribution < -0.4 is 5.32 Å². The SMILES string of the molecule is CCNCCC(=O)N(CC(=O)O)C1CC1. The van der Waals surface area contributed by atoms with Crippen LogP contribution in [-0.4, -0.2) is 47.6 Å². The van der Waals surface area contributed by atoms with Gasteiger partial charge in [0, 0.05) is 19.0 Å². The second kappa shape index (κ2) is 5.70. The second-order valence-electron chi connectivity index (χ2n) is 3.75. The summed E-state index contributed by atoms with van der Waals surface area (Å²) in [4.78, 5) is 23.7. The van der Waals surface area contributed by atoms with Gasteiger partial charge in [-0.1, -0.05) is 6.92 Å². The summed E-state index contributed by atoms with van der Waals surface area (Å²) >= 11 is 0. The van der Waals surface area contributed by atoms with Crippen molar-refractivity contribution in [3.8, 4) is 0 Å². The summed E-state index contributed by atoms with van der Waals surface area (Å²) in [7, 11) is 0. The van der Waals surface area contributed by atoms with E-state index in [1.807, 2.05) is 6.92 Å². The molecule has 2 N–H and O–H groups in total. The number of carboxylic acids is 1. The number of carboxylic acid groups (broad SMARTS) is 1. The van der Waals surface area contributed by atoms with Crippen LogP contribution in [0.2, 0.25) is 0 Å². The van der Waals surface area contributed by atoms with Crippen molar-refractivity contribution in [2.45, 2.75) is 32.2 Å². The molecule has 5 nitrogen and oxygen atoms in total. The summed E-state index contributed by atoms with van der Waals surface area (Å²) in [6.45, 7) is 3.27. The molecule has 0 bridgehead atoms. The predicted octanol–water partition coefficient (Wildman–Crippen LogP) is 0.0616. The van der Waals surface area contributed by atoms with Gasteiger partial charge in [0.15, 0.2) is 0 Å². The van der Waals surface area contributed by atoms with E-state index in [1.165, 1.54) is 4.90 Å². The molecule has 0 atom stereocenters. The van der Waals surface area contributed by atoms with Crippen molar-refractivity contribution in [2.75, 3.05) is 19.6 Å². The molecular weight excluding hydrogens is 196 g/mol. The fourth-order valence-corrected chi connectivity index (χ4v) is 1.47. The zero-order valence-corrected chi connectivity index (χ0v) is 9.03. The first-order valence-electron chi connectivity index (χ1n) is 5.37. The first kappa shape index (κ1) is 12.0. The normalized spacial score (nSPS) is 15.0. The van der Waals surface area contributed by atoms with E-state index in [-0.39, 0.29) is 18.5 Å². The molecule has 1 aliphatic carbocycles. The Balaban J connectivity index is 2.34. The van der Waals surface area contributed by atoms with Gasteiger partial charge in [-0.2, -0.15) is 0 Å². The van der Waals surface area contributed by atoms with Gasteiger partial charge in [-0.25, -0.2) is 0 Å². The van der Waals surface area contributed by atoms with E-state index >= 15 is 0 Å². The van der Waals surface area contributed by atoms with E-state index in [0.717, 1.165) is 19.4 Å². The highest BCUT2D eigenvalue weighted by molar-refractivity contribution is 5.82. The molecule has 0 aromatic rings. The highest BCUT2D eigenvalue weighted by atomic mass is 16.4. The molecule has 0 saturated heterocycles. The van der Waals surface area contributed by atoms with Gasteiger partial charge in [0.1, 0.15) is 6.54 Å². The Kier molecular flexibility index (Phi) is 4.55. The number of amides is 1. The number of nitrogens with zero attached hydrogens (tertiary/aromatic N) is 1. The summed E-state index contributed by atoms with van der Waals surface area (Å²) in [5.41, 5.74) is 0. The monoisotopic (exact) mass is 214 g/mol. The maximum atomic E-state index is 11.7. The standard InChI is InChI=1S/C10H18N2O3/c1-2-11-6-5-9(13)12(7-10(14)15)8-3-4-8/h8,11H,2-7H2,1H3,(H,14,15). The number of aliphatic carboxylic acids is 1. The number of carbonyl (C=O) groups excluding carboxylic acids is 1. The Morgan fingerprint density at radius 3 is 2.60 bits per heavy atom. The summed E-state index contributed by atoms with van der Waals surface area (Å²) in [6.07, 6.45) is 2.28. The van der Waals surface area contributed by atoms with Gasteiger partial charge in [-0.05, 0) is 19.4 Å². The van der Waals surface area contributed by atoms with E-state index < -0.39 is 5.97 Å². The number of rotatable bonds is 7. The van der Waals surface area contributed by atoms with Gasteiger partial charge >= 0.3 is 5.97 Å². The van der Waals surface area contributed by atoms with Crippen LogP contribution in [-0.2, 0) is 9.59 Å². The molecule has 1 fully saturated rings. The molecule has 15 heavy (non-hydrogen) atoms. The molecule has 1 aliphatic rings. The van der Waals surface area contributed by atoms with Crippen molar-refractivity contribution in [1.29, 1.82) is 0 Å². The van der Waals surface area contributed by atoms with E-state index in [9.17, 15) is 9.59 Å². The van der Waals surface area contributed by atoms with Crippen LogP contribution >= 0.6 is 0 Å². The van der Waals surface area contributed by atoms with Gasteiger partial charge in [0.25, 0.3) is 0 Å². The van der Waals surface area contributed by atoms with Crippen LogP contribution in [0.15, 0.2) is 0 Å². The molecule has 0 spiro atoms. The van der Waals surface area contributed by atoms with Crippen molar-refractivity contribution >= 4 is 11.9 Å². The van der Waals surface area contributed by atoms with Gasteiger partial charge in [0.2, 0.25) is 5.91 Å². The minimum absolute atomic E-state index is 0.0548. The molecule has 0 heterocycles. The number of carbonyl (C=O) groups is 2. The molecule has 0 unspecified atom stereocenters. The molecular formula is C10H18N2O3. The molecule has 0 aromatic carbocycles. The molecule has 1 rings (SSSR count). The largest absolute Gasteiger partial charge is 0.480 e. The van der Waals surface area contributed by atoms with Gasteiger partial charge < -0.3 is 15.3 Å². The van der Waals surface area contributed by atoms with Gasteiger partial charge in [-0.15, -0.1) is 0 Å². The van der Waals surface area contributed by atoms with Crippen LogP contribution in [0.25, 0.3) is 0 Å². The van der Waals surface area contributed by atoms with Crippen LogP contribution in [0.3, 0.4) is 0 Å². The molecule has 0 aromatic heterocycles. The Hall–Kier alpha value is -1.10. The third-order valence-electron chi connectivity index (χ3n) is 2.38. The highest BCUT2D eigenvalue weighted by Crippen LogP contribution is 2.26. The minimum Gasteiger partial charge on any atom is -0.480 e. The lowest BCUT2D eigenvalue weighted by atomic mass is 10.3. The average Bonchev–Trinajstić information content (AvgIpc) is 2.97. The molecule has 0 radical (unpaired) electrons. The van der Waals surface area contributed by atoms with Gasteiger partial charge in [0.05, 0.1) is 0 Å². The summed E-state index contributed by atoms with van der Waals surface area (Å²) in [5.74, 6) is -0.987. The smallest absolute Gasteiger partial charge is 0.323 e. The van der Waals surface area contributed by atoms with E-state index in [2.05, 4.69) is 5.32 Å². The fourth-order valence-electron chi connectivity index (χ4n) is 1.47. The summed E-state index contributed by atoms with van der Waals surface area (Å²) < 4.78 is 0. The van der Waals surface area contributed by atoms with Crippen LogP contribution in [0.5, 0.6) is 0 Å². The molecule has 5 heteroatoms. The van der Waals surface area contributed by atoms with Crippen LogP contribution in [0.4, 0.5) is 0 Å². The highest BCUT2D eigenvalue weighted by Gasteiger charge is 2.33. The predicted molar refractivity (Wildman–Crippen MR) is 55.5 cm³/mol. The second-order valence-corrected chi connectivity index (χ2v) is 3.75. The van der Waals surface area contributed by atoms with Gasteiger partial charge in [-0.3, -0.25) is 9.59 Å². The fraction of sp³-hybridized carbons (Fsp3) is 0.800. The van der Waals surface area contributed by atoms with Crippen LogP contribution in [0, 0.1) is 0 Å². The lowest BCUT2D eigenvalue weighted by Crippen LogP contribution is -2.38. The topological polar surface area (TPSA) is 69.6 Å². The molecule has 0 aliphatic heterocycles. The van der Waals surface area contributed by atoms with Crippen molar-refractivity contribution < 1.29 is 14.7 Å². The Morgan fingerprint density at radius 1 is 1.47 bits per heavy atom. The third-order valence-corrected chi connectivity index (χ3v) is 2.38. The summed E-state index contributed by atoms with van der Waals surface area (Å²) in [5, 5.41) is 11.7. The molecule has 1 amide bonds. The van der Waals surface area contributed by atoms with Crippen molar-refractivity contribution in [3.63, 3.8) is 0 Å². The van der Waals surface area contributed by atoms with Crippen molar-refractivity contribution in [3.05, 3.63) is 0 Å². The molecule has 1 saturated carbocycles. The average molecular weight is 214 g/mol. The number of hydrogen-bond acceptors (Lipinski definition) is 3. The number of hydrogen-bond donors (Lipinski definition) is 2. The molecule has 86 valence electrons. The lowest BCUT2D eigenvalue weighted by Gasteiger charge is -2.20. The van der Waals surface area contributed by atoms with Crippen molar-refractivity contribution in [2.24, 2.45) is 0 Å². The lowest BCUT2D eigenvalue weighted by molar-refractivity contribution is -0.144. The Labute approximate surface area is 89.4 Å². The third kappa shape index (κ3) is 4.29. The van der Waals surface area contributed by atoms with Crippen LogP contribution in [0.1, 0.15) is 26.2 Å². The van der Waals surface area contributed by atoms with Crippen molar-refractivity contribution in [1.82, 2.24) is 10.2 Å². The quantitative estimate of drug-likeness (QED) is 0.588. The Bertz CT molecular complexity index is 239.